The van der Waals surface area contributed by atoms with E-state index in [0.29, 0.717) is 0 Å². The second-order valence-corrected chi connectivity index (χ2v) is 1.92. The van der Waals surface area contributed by atoms with Gasteiger partial charge in [0.05, 0.1) is 6.54 Å². The van der Waals surface area contributed by atoms with Gasteiger partial charge in [-0.1, -0.05) is 12.2 Å². The molecule has 0 saturated carbocycles. The lowest BCUT2D eigenvalue weighted by atomic mass is 10.4. The molecule has 0 atom stereocenters. The molecule has 0 amide bonds. The molecule has 0 spiro atoms. The van der Waals surface area contributed by atoms with Gasteiger partial charge < -0.3 is 5.32 Å². The summed E-state index contributed by atoms with van der Waals surface area (Å²) in [6.45, 7) is 2.65. The van der Waals surface area contributed by atoms with Gasteiger partial charge in [-0.3, -0.25) is 5.32 Å². The summed E-state index contributed by atoms with van der Waals surface area (Å²) in [5.41, 5.74) is 0. The third kappa shape index (κ3) is 1.41. The maximum atomic E-state index is 4.78. The molecule has 7 heavy (non-hydrogen) atoms. The Morgan fingerprint density at radius 2 is 2.57 bits per heavy atom. The zero-order valence-electron chi connectivity index (χ0n) is 3.98. The van der Waals surface area contributed by atoms with Crippen LogP contribution in [-0.2, 0) is 0 Å². The van der Waals surface area contributed by atoms with E-state index in [2.05, 4.69) is 10.6 Å². The fourth-order valence-corrected chi connectivity index (χ4v) is 0.704. The van der Waals surface area contributed by atoms with Crippen LogP contribution in [0.3, 0.4) is 0 Å². The van der Waals surface area contributed by atoms with Crippen molar-refractivity contribution < 1.29 is 0 Å². The summed E-state index contributed by atoms with van der Waals surface area (Å²) >= 11 is 4.78. The predicted octanol–water partition coefficient (Wildman–Crippen LogP) is -0.479. The summed E-state index contributed by atoms with van der Waals surface area (Å²) < 4.78 is 0. The number of nitrogens with one attached hydrogen (secondary N) is 1. The van der Waals surface area contributed by atoms with Crippen LogP contribution < -0.4 is 10.6 Å². The maximum absolute atomic E-state index is 4.78. The standard InChI is InChI=1S/C4H7N2S/c7-4-3-5-1-2-6-4/h5H,1-3H2. The highest BCUT2D eigenvalue weighted by molar-refractivity contribution is 7.80. The van der Waals surface area contributed by atoms with Crippen LogP contribution in [0.1, 0.15) is 0 Å². The van der Waals surface area contributed by atoms with E-state index < -0.39 is 0 Å². The first-order valence-corrected chi connectivity index (χ1v) is 2.71. The van der Waals surface area contributed by atoms with E-state index in [4.69, 9.17) is 12.2 Å². The van der Waals surface area contributed by atoms with Crippen molar-refractivity contribution in [3.05, 3.63) is 0 Å². The third-order valence-corrected chi connectivity index (χ3v) is 1.13. The van der Waals surface area contributed by atoms with E-state index in [1.807, 2.05) is 0 Å². The minimum Gasteiger partial charge on any atom is -0.309 e. The lowest BCUT2D eigenvalue weighted by Crippen LogP contribution is -2.39. The molecule has 1 aliphatic rings. The second kappa shape index (κ2) is 2.23. The van der Waals surface area contributed by atoms with E-state index in [0.717, 1.165) is 24.6 Å². The van der Waals surface area contributed by atoms with Crippen LogP contribution in [0, 0.1) is 0 Å². The number of nitrogens with zero attached hydrogens (tertiary/aromatic N) is 1. The highest BCUT2D eigenvalue weighted by atomic mass is 32.1. The summed E-state index contributed by atoms with van der Waals surface area (Å²) in [5.74, 6) is 0. The third-order valence-electron chi connectivity index (χ3n) is 0.853. The smallest absolute Gasteiger partial charge is 0.111 e. The molecule has 2 nitrogen and oxygen atoms in total. The van der Waals surface area contributed by atoms with Gasteiger partial charge in [0.1, 0.15) is 4.99 Å². The van der Waals surface area contributed by atoms with Crippen molar-refractivity contribution in [1.82, 2.24) is 10.6 Å². The predicted molar refractivity (Wildman–Crippen MR) is 32.5 cm³/mol. The van der Waals surface area contributed by atoms with E-state index in [9.17, 15) is 0 Å². The maximum Gasteiger partial charge on any atom is 0.111 e. The van der Waals surface area contributed by atoms with Crippen LogP contribution in [0.25, 0.3) is 0 Å². The van der Waals surface area contributed by atoms with Gasteiger partial charge in [0.25, 0.3) is 0 Å². The SMILES string of the molecule is S=C1CNCC[N]1. The normalized spacial score (nSPS) is 21.4. The highest BCUT2D eigenvalue weighted by Crippen LogP contribution is 1.77. The van der Waals surface area contributed by atoms with Gasteiger partial charge in [0, 0.05) is 13.1 Å². The first kappa shape index (κ1) is 5.00. The average molecular weight is 115 g/mol. The fourth-order valence-electron chi connectivity index (χ4n) is 0.511. The topological polar surface area (TPSA) is 26.1 Å². The number of thiocarbonyl (C=S) groups is 1. The molecule has 1 radical (unpaired) electrons. The van der Waals surface area contributed by atoms with Crippen molar-refractivity contribution in [3.8, 4) is 0 Å². The Balaban J connectivity index is 2.25. The largest absolute Gasteiger partial charge is 0.309 e. The molecule has 1 heterocycles. The molecule has 0 unspecified atom stereocenters. The molecule has 0 aromatic rings. The van der Waals surface area contributed by atoms with E-state index in [1.54, 1.807) is 0 Å². The average Bonchev–Trinajstić information content (AvgIpc) is 1.69. The Hall–Kier alpha value is -0.150. The Morgan fingerprint density at radius 1 is 1.71 bits per heavy atom. The summed E-state index contributed by atoms with van der Waals surface area (Å²) in [7, 11) is 0. The summed E-state index contributed by atoms with van der Waals surface area (Å²) in [6.07, 6.45) is 0. The van der Waals surface area contributed by atoms with E-state index >= 15 is 0 Å². The van der Waals surface area contributed by atoms with Gasteiger partial charge in [0.2, 0.25) is 0 Å². The van der Waals surface area contributed by atoms with Crippen molar-refractivity contribution in [2.45, 2.75) is 0 Å². The molecule has 1 N–H and O–H groups in total. The zero-order chi connectivity index (χ0) is 5.11. The highest BCUT2D eigenvalue weighted by Gasteiger charge is 2.01. The molecule has 1 aliphatic heterocycles. The lowest BCUT2D eigenvalue weighted by molar-refractivity contribution is 0.678. The molecule has 0 aromatic heterocycles. The van der Waals surface area contributed by atoms with Gasteiger partial charge in [-0.05, 0) is 0 Å². The van der Waals surface area contributed by atoms with Crippen LogP contribution in [0.2, 0.25) is 0 Å². The van der Waals surface area contributed by atoms with Crippen molar-refractivity contribution in [2.24, 2.45) is 0 Å². The van der Waals surface area contributed by atoms with E-state index in [1.165, 1.54) is 0 Å². The first-order valence-electron chi connectivity index (χ1n) is 2.30. The molecule has 1 rings (SSSR count). The monoisotopic (exact) mass is 115 g/mol. The molecule has 0 aliphatic carbocycles. The molecule has 39 valence electrons. The molecular formula is C4H7N2S. The van der Waals surface area contributed by atoms with Crippen molar-refractivity contribution in [1.29, 1.82) is 0 Å². The quantitative estimate of drug-likeness (QED) is 0.432. The number of piperazine rings is 1. The van der Waals surface area contributed by atoms with Crippen LogP contribution in [-0.4, -0.2) is 24.6 Å². The molecule has 1 fully saturated rings. The van der Waals surface area contributed by atoms with Crippen molar-refractivity contribution in [2.75, 3.05) is 19.6 Å². The summed E-state index contributed by atoms with van der Waals surface area (Å²) in [4.78, 5) is 0.811. The molecule has 0 bridgehead atoms. The minimum atomic E-state index is 0.801. The number of hydrogen-bond acceptors (Lipinski definition) is 2. The molecule has 3 heteroatoms. The van der Waals surface area contributed by atoms with Crippen LogP contribution >= 0.6 is 12.2 Å². The Labute approximate surface area is 48.3 Å². The number of hydrogen-bond donors (Lipinski definition) is 1. The van der Waals surface area contributed by atoms with Crippen molar-refractivity contribution in [3.63, 3.8) is 0 Å². The minimum absolute atomic E-state index is 0.801. The molecule has 0 aromatic carbocycles. The Bertz CT molecular complexity index is 73.8. The summed E-state index contributed by atoms with van der Waals surface area (Å²) in [6, 6.07) is 0. The van der Waals surface area contributed by atoms with Gasteiger partial charge in [-0.25, -0.2) is 0 Å². The van der Waals surface area contributed by atoms with Crippen LogP contribution in [0.15, 0.2) is 0 Å². The van der Waals surface area contributed by atoms with Gasteiger partial charge in [-0.2, -0.15) is 0 Å². The first-order chi connectivity index (χ1) is 3.39. The Morgan fingerprint density at radius 3 is 2.86 bits per heavy atom. The van der Waals surface area contributed by atoms with E-state index in [-0.39, 0.29) is 0 Å². The van der Waals surface area contributed by atoms with Gasteiger partial charge >= 0.3 is 0 Å². The second-order valence-electron chi connectivity index (χ2n) is 1.45. The lowest BCUT2D eigenvalue weighted by Gasteiger charge is -2.11. The fraction of sp³-hybridized carbons (Fsp3) is 0.750. The van der Waals surface area contributed by atoms with Gasteiger partial charge in [0.15, 0.2) is 0 Å². The van der Waals surface area contributed by atoms with Crippen molar-refractivity contribution >= 4 is 17.2 Å². The molecular weight excluding hydrogens is 108 g/mol. The Kier molecular flexibility index (Phi) is 1.59. The number of rotatable bonds is 0. The van der Waals surface area contributed by atoms with Gasteiger partial charge in [-0.15, -0.1) is 0 Å². The van der Waals surface area contributed by atoms with Crippen LogP contribution in [0.5, 0.6) is 0 Å². The molecule has 1 saturated heterocycles. The van der Waals surface area contributed by atoms with Crippen LogP contribution in [0.4, 0.5) is 0 Å². The summed E-state index contributed by atoms with van der Waals surface area (Å²) in [5, 5.41) is 7.10. The zero-order valence-corrected chi connectivity index (χ0v) is 4.79.